The van der Waals surface area contributed by atoms with Gasteiger partial charge >= 0.3 is 0 Å². The maximum atomic E-state index is 15.7. The van der Waals surface area contributed by atoms with E-state index in [0.29, 0.717) is 34.2 Å². The second kappa shape index (κ2) is 8.70. The van der Waals surface area contributed by atoms with Crippen molar-refractivity contribution in [3.63, 3.8) is 0 Å². The molecule has 2 heterocycles. The second-order valence-electron chi connectivity index (χ2n) is 7.17. The van der Waals surface area contributed by atoms with Crippen molar-refractivity contribution in [2.45, 2.75) is 18.4 Å². The third-order valence-corrected chi connectivity index (χ3v) is 6.97. The van der Waals surface area contributed by atoms with Crippen molar-refractivity contribution in [1.29, 1.82) is 0 Å². The zero-order chi connectivity index (χ0) is 23.8. The molecule has 0 bridgehead atoms. The molecule has 0 N–H and O–H groups in total. The maximum absolute atomic E-state index is 15.7. The fourth-order valence-corrected chi connectivity index (χ4v) is 4.69. The molecule has 4 aromatic rings. The zero-order valence-corrected chi connectivity index (χ0v) is 18.5. The van der Waals surface area contributed by atoms with Gasteiger partial charge in [0.2, 0.25) is 0 Å². The predicted octanol–water partition coefficient (Wildman–Crippen LogP) is 4.87. The lowest BCUT2D eigenvalue weighted by molar-refractivity contribution is 0.551. The van der Waals surface area contributed by atoms with E-state index in [2.05, 4.69) is 10.1 Å². The Labute approximate surface area is 189 Å². The Morgan fingerprint density at radius 2 is 1.73 bits per heavy atom. The fraction of sp³-hybridized carbons (Fsp3) is 0.130. The molecule has 0 aliphatic heterocycles. The molecule has 33 heavy (non-hydrogen) atoms. The van der Waals surface area contributed by atoms with E-state index in [-0.39, 0.29) is 11.3 Å². The number of anilines is 1. The molecule has 0 radical (unpaired) electrons. The zero-order valence-electron chi connectivity index (χ0n) is 17.7. The van der Waals surface area contributed by atoms with Gasteiger partial charge in [0.1, 0.15) is 22.2 Å². The number of rotatable bonds is 6. The van der Waals surface area contributed by atoms with Crippen LogP contribution in [0.2, 0.25) is 0 Å². The lowest BCUT2D eigenvalue weighted by Gasteiger charge is -2.21. The van der Waals surface area contributed by atoms with E-state index in [1.165, 1.54) is 18.2 Å². The average Bonchev–Trinajstić information content (AvgIpc) is 3.25. The maximum Gasteiger partial charge on any atom is 0.267 e. The van der Waals surface area contributed by atoms with Gasteiger partial charge in [-0.05, 0) is 55.0 Å². The molecule has 0 aliphatic rings. The van der Waals surface area contributed by atoms with Crippen LogP contribution in [-0.4, -0.2) is 30.2 Å². The van der Waals surface area contributed by atoms with Crippen molar-refractivity contribution in [3.8, 4) is 22.4 Å². The number of benzene rings is 2. The third-order valence-electron chi connectivity index (χ3n) is 5.18. The van der Waals surface area contributed by atoms with Crippen LogP contribution in [0.4, 0.5) is 18.9 Å². The predicted molar refractivity (Wildman–Crippen MR) is 118 cm³/mol. The molecule has 0 aliphatic carbocycles. The summed E-state index contributed by atoms with van der Waals surface area (Å²) in [6.07, 6.45) is 4.96. The minimum absolute atomic E-state index is 0.0632. The summed E-state index contributed by atoms with van der Waals surface area (Å²) in [6, 6.07) is 9.79. The van der Waals surface area contributed by atoms with Gasteiger partial charge in [0.05, 0.1) is 5.69 Å². The molecule has 4 rings (SSSR count). The molecular formula is C23H19F3N4O2S. The van der Waals surface area contributed by atoms with Gasteiger partial charge in [0.15, 0.2) is 5.82 Å². The Morgan fingerprint density at radius 3 is 2.42 bits per heavy atom. The first-order valence-corrected chi connectivity index (χ1v) is 11.4. The highest BCUT2D eigenvalue weighted by Gasteiger charge is 2.29. The quantitative estimate of drug-likeness (QED) is 0.401. The van der Waals surface area contributed by atoms with Crippen LogP contribution in [-0.2, 0) is 16.6 Å². The molecule has 0 saturated carbocycles. The first kappa shape index (κ1) is 22.5. The molecule has 10 heteroatoms. The molecule has 170 valence electrons. The Bertz CT molecular complexity index is 1420. The monoisotopic (exact) mass is 472 g/mol. The van der Waals surface area contributed by atoms with Gasteiger partial charge < -0.3 is 0 Å². The van der Waals surface area contributed by atoms with Crippen molar-refractivity contribution < 1.29 is 21.6 Å². The molecule has 2 aromatic heterocycles. The summed E-state index contributed by atoms with van der Waals surface area (Å²) < 4.78 is 71.7. The lowest BCUT2D eigenvalue weighted by atomic mass is 10.0. The van der Waals surface area contributed by atoms with Gasteiger partial charge in [-0.25, -0.2) is 21.6 Å². The normalized spacial score (nSPS) is 11.5. The first-order valence-electron chi connectivity index (χ1n) is 9.94. The number of aryl methyl sites for hydroxylation is 1. The lowest BCUT2D eigenvalue weighted by Crippen LogP contribution is -2.28. The number of pyridine rings is 1. The minimum atomic E-state index is -4.58. The fourth-order valence-electron chi connectivity index (χ4n) is 3.42. The molecule has 0 spiro atoms. The van der Waals surface area contributed by atoms with Crippen molar-refractivity contribution in [1.82, 2.24) is 14.8 Å². The van der Waals surface area contributed by atoms with Crippen molar-refractivity contribution in [2.75, 3.05) is 11.4 Å². The molecule has 2 aromatic carbocycles. The van der Waals surface area contributed by atoms with E-state index in [1.54, 1.807) is 35.4 Å². The summed E-state index contributed by atoms with van der Waals surface area (Å²) in [5.74, 6) is -2.93. The average molecular weight is 472 g/mol. The molecule has 6 nitrogen and oxygen atoms in total. The SMILES string of the molecule is CCn1cc(-c2ccncc2)c(-c2cccc(N(C)S(=O)(=O)c3cc(F)ccc3F)c2F)n1. The van der Waals surface area contributed by atoms with Crippen LogP contribution in [0.5, 0.6) is 0 Å². The van der Waals surface area contributed by atoms with Crippen LogP contribution < -0.4 is 4.31 Å². The van der Waals surface area contributed by atoms with Gasteiger partial charge in [-0.1, -0.05) is 6.07 Å². The van der Waals surface area contributed by atoms with Crippen LogP contribution >= 0.6 is 0 Å². The van der Waals surface area contributed by atoms with E-state index in [1.807, 2.05) is 6.92 Å². The van der Waals surface area contributed by atoms with Crippen LogP contribution in [0.3, 0.4) is 0 Å². The van der Waals surface area contributed by atoms with Crippen LogP contribution in [0.25, 0.3) is 22.4 Å². The highest BCUT2D eigenvalue weighted by Crippen LogP contribution is 2.36. The number of halogens is 3. The van der Waals surface area contributed by atoms with E-state index in [4.69, 9.17) is 0 Å². The van der Waals surface area contributed by atoms with E-state index in [9.17, 15) is 17.2 Å². The molecule has 0 unspecified atom stereocenters. The van der Waals surface area contributed by atoms with Crippen LogP contribution in [0, 0.1) is 17.5 Å². The highest BCUT2D eigenvalue weighted by molar-refractivity contribution is 7.92. The van der Waals surface area contributed by atoms with Crippen molar-refractivity contribution >= 4 is 15.7 Å². The number of nitrogens with zero attached hydrogens (tertiary/aromatic N) is 4. The molecule has 0 atom stereocenters. The van der Waals surface area contributed by atoms with Crippen molar-refractivity contribution in [2.24, 2.45) is 0 Å². The summed E-state index contributed by atoms with van der Waals surface area (Å²) >= 11 is 0. The molecular weight excluding hydrogens is 453 g/mol. The van der Waals surface area contributed by atoms with Gasteiger partial charge in [-0.15, -0.1) is 0 Å². The standard InChI is InChI=1S/C23H19F3N4O2S/c1-3-30-14-18(15-9-11-27-12-10-15)23(28-30)17-5-4-6-20(22(17)26)29(2)33(31,32)21-13-16(24)7-8-19(21)25/h4-14H,3H2,1-2H3. The summed E-state index contributed by atoms with van der Waals surface area (Å²) in [6.45, 7) is 2.42. The van der Waals surface area contributed by atoms with Crippen molar-refractivity contribution in [3.05, 3.63) is 84.6 Å². The molecule has 0 amide bonds. The largest absolute Gasteiger partial charge is 0.272 e. The molecule has 0 fully saturated rings. The number of hydrogen-bond donors (Lipinski definition) is 0. The van der Waals surface area contributed by atoms with Crippen LogP contribution in [0.1, 0.15) is 6.92 Å². The van der Waals surface area contributed by atoms with Gasteiger partial charge in [-0.2, -0.15) is 5.10 Å². The van der Waals surface area contributed by atoms with Gasteiger partial charge in [-0.3, -0.25) is 14.0 Å². The third kappa shape index (κ3) is 4.09. The topological polar surface area (TPSA) is 68.1 Å². The van der Waals surface area contributed by atoms with Crippen LogP contribution in [0.15, 0.2) is 72.0 Å². The number of hydrogen-bond acceptors (Lipinski definition) is 4. The van der Waals surface area contributed by atoms with Gasteiger partial charge in [0, 0.05) is 43.3 Å². The Kier molecular flexibility index (Phi) is 5.94. The first-order chi connectivity index (χ1) is 15.7. The summed E-state index contributed by atoms with van der Waals surface area (Å²) in [7, 11) is -3.50. The summed E-state index contributed by atoms with van der Waals surface area (Å²) in [4.78, 5) is 3.11. The molecule has 0 saturated heterocycles. The van der Waals surface area contributed by atoms with Gasteiger partial charge in [0.25, 0.3) is 10.0 Å². The highest BCUT2D eigenvalue weighted by atomic mass is 32.2. The number of aromatic nitrogens is 3. The second-order valence-corrected chi connectivity index (χ2v) is 9.11. The Hall–Kier alpha value is -3.66. The summed E-state index contributed by atoms with van der Waals surface area (Å²) in [5, 5.41) is 4.46. The Balaban J connectivity index is 1.85. The van der Waals surface area contributed by atoms with E-state index in [0.717, 1.165) is 18.7 Å². The summed E-state index contributed by atoms with van der Waals surface area (Å²) in [5.41, 5.74) is 1.44. The minimum Gasteiger partial charge on any atom is -0.272 e. The number of sulfonamides is 1. The smallest absolute Gasteiger partial charge is 0.267 e. The Morgan fingerprint density at radius 1 is 1.00 bits per heavy atom. The van der Waals surface area contributed by atoms with E-state index >= 15 is 4.39 Å². The van der Waals surface area contributed by atoms with E-state index < -0.39 is 32.4 Å².